The van der Waals surface area contributed by atoms with Crippen LogP contribution in [0.5, 0.6) is 0 Å². The minimum atomic E-state index is -2.04. The average molecular weight is 462 g/mol. The number of fused-ring (bicyclic) bond motifs is 1. The first-order valence-electron chi connectivity index (χ1n) is 8.25. The molecule has 1 atom stereocenters. The molecule has 1 N–H and O–H groups in total. The third-order valence-electron chi connectivity index (χ3n) is 4.36. The van der Waals surface area contributed by atoms with Gasteiger partial charge in [0.25, 0.3) is 0 Å². The van der Waals surface area contributed by atoms with Crippen molar-refractivity contribution in [1.29, 1.82) is 0 Å². The van der Waals surface area contributed by atoms with Crippen molar-refractivity contribution < 1.29 is 14.8 Å². The van der Waals surface area contributed by atoms with E-state index in [9.17, 15) is 20.0 Å². The number of imidazole rings is 2. The van der Waals surface area contributed by atoms with E-state index >= 15 is 0 Å². The molecule has 3 aromatic rings. The molecule has 0 aliphatic carbocycles. The number of aryl methyl sites for hydroxylation is 1. The van der Waals surface area contributed by atoms with Crippen molar-refractivity contribution >= 4 is 57.7 Å². The van der Waals surface area contributed by atoms with Gasteiger partial charge in [-0.15, -0.1) is 0 Å². The van der Waals surface area contributed by atoms with Gasteiger partial charge >= 0.3 is 11.9 Å². The standard InChI is InChI=1S/C16H15Cl3N6O4/c1-10-20-8-13(25(28)29)22(10)6-7-23(15(26)27)14(16(17,18)19)24-9-21-11-4-2-3-5-12(11)24/h2-5,8-9,14H,6-7H2,1H3,(H,26,27). The molecule has 0 aliphatic heterocycles. The zero-order valence-electron chi connectivity index (χ0n) is 14.9. The monoisotopic (exact) mass is 460 g/mol. The fourth-order valence-corrected chi connectivity index (χ4v) is 3.74. The summed E-state index contributed by atoms with van der Waals surface area (Å²) in [6.07, 6.45) is -0.131. The first kappa shape index (κ1) is 21.2. The smallest absolute Gasteiger partial charge is 0.409 e. The van der Waals surface area contributed by atoms with Crippen LogP contribution in [-0.4, -0.2) is 50.5 Å². The third-order valence-corrected chi connectivity index (χ3v) is 4.95. The van der Waals surface area contributed by atoms with Crippen LogP contribution >= 0.6 is 34.8 Å². The first-order valence-corrected chi connectivity index (χ1v) is 9.39. The molecule has 13 heteroatoms. The van der Waals surface area contributed by atoms with Gasteiger partial charge in [-0.2, -0.15) is 0 Å². The van der Waals surface area contributed by atoms with Gasteiger partial charge in [0.15, 0.2) is 12.0 Å². The number of aromatic nitrogens is 4. The number of nitro groups is 1. The molecule has 29 heavy (non-hydrogen) atoms. The number of benzene rings is 1. The van der Waals surface area contributed by atoms with Crippen molar-refractivity contribution in [3.63, 3.8) is 0 Å². The molecule has 0 fully saturated rings. The van der Waals surface area contributed by atoms with Crippen molar-refractivity contribution in [2.75, 3.05) is 6.54 Å². The van der Waals surface area contributed by atoms with Gasteiger partial charge in [-0.25, -0.2) is 19.3 Å². The Morgan fingerprint density at radius 1 is 1.34 bits per heavy atom. The molecule has 3 rings (SSSR count). The molecule has 0 radical (unpaired) electrons. The lowest BCUT2D eigenvalue weighted by Crippen LogP contribution is -2.45. The van der Waals surface area contributed by atoms with Crippen LogP contribution < -0.4 is 0 Å². The molecular weight excluding hydrogens is 447 g/mol. The molecule has 0 aliphatic rings. The van der Waals surface area contributed by atoms with E-state index < -0.39 is 21.0 Å². The van der Waals surface area contributed by atoms with Crippen LogP contribution in [0.4, 0.5) is 10.6 Å². The quantitative estimate of drug-likeness (QED) is 0.337. The molecule has 0 spiro atoms. The Balaban J connectivity index is 2.00. The van der Waals surface area contributed by atoms with Crippen molar-refractivity contribution in [2.24, 2.45) is 0 Å². The zero-order chi connectivity index (χ0) is 21.3. The van der Waals surface area contributed by atoms with Crippen molar-refractivity contribution in [3.8, 4) is 0 Å². The van der Waals surface area contributed by atoms with Gasteiger partial charge in [0.2, 0.25) is 3.79 Å². The summed E-state index contributed by atoms with van der Waals surface area (Å²) in [6, 6.07) is 6.99. The SMILES string of the molecule is Cc1ncc([N+](=O)[O-])n1CCN(C(=O)O)C(n1cnc2ccccc21)C(Cl)(Cl)Cl. The van der Waals surface area contributed by atoms with Crippen LogP contribution in [0.3, 0.4) is 0 Å². The van der Waals surface area contributed by atoms with Gasteiger partial charge in [0.05, 0.1) is 23.9 Å². The summed E-state index contributed by atoms with van der Waals surface area (Å²) in [4.78, 5) is 31.7. The van der Waals surface area contributed by atoms with Gasteiger partial charge in [-0.1, -0.05) is 46.9 Å². The second-order valence-electron chi connectivity index (χ2n) is 6.10. The van der Waals surface area contributed by atoms with E-state index in [1.54, 1.807) is 31.2 Å². The zero-order valence-corrected chi connectivity index (χ0v) is 17.2. The van der Waals surface area contributed by atoms with E-state index in [1.165, 1.54) is 15.5 Å². The topological polar surface area (TPSA) is 119 Å². The van der Waals surface area contributed by atoms with Crippen LogP contribution in [0.25, 0.3) is 11.0 Å². The Morgan fingerprint density at radius 2 is 2.03 bits per heavy atom. The number of carbonyl (C=O) groups is 1. The van der Waals surface area contributed by atoms with Gasteiger partial charge in [-0.3, -0.25) is 4.90 Å². The number of hydrogen-bond donors (Lipinski definition) is 1. The molecule has 1 aromatic carbocycles. The van der Waals surface area contributed by atoms with Crippen LogP contribution in [0.2, 0.25) is 0 Å². The maximum absolute atomic E-state index is 12.0. The number of alkyl halides is 3. The number of halogens is 3. The first-order chi connectivity index (χ1) is 13.6. The van der Waals surface area contributed by atoms with Crippen molar-refractivity contribution in [3.05, 3.63) is 52.7 Å². The number of amides is 1. The van der Waals surface area contributed by atoms with Gasteiger partial charge in [-0.05, 0) is 17.1 Å². The van der Waals surface area contributed by atoms with Gasteiger partial charge in [0, 0.05) is 6.92 Å². The van der Waals surface area contributed by atoms with E-state index in [2.05, 4.69) is 9.97 Å². The Kier molecular flexibility index (Phi) is 5.87. The lowest BCUT2D eigenvalue weighted by molar-refractivity contribution is -0.392. The molecule has 1 amide bonds. The number of nitrogens with zero attached hydrogens (tertiary/aromatic N) is 6. The van der Waals surface area contributed by atoms with Crippen LogP contribution in [0.1, 0.15) is 12.0 Å². The number of rotatable bonds is 6. The predicted molar refractivity (Wildman–Crippen MR) is 107 cm³/mol. The largest absolute Gasteiger partial charge is 0.465 e. The summed E-state index contributed by atoms with van der Waals surface area (Å²) in [5.41, 5.74) is 1.16. The molecule has 10 nitrogen and oxygen atoms in total. The Labute approximate surface area is 179 Å². The number of para-hydroxylation sites is 2. The summed E-state index contributed by atoms with van der Waals surface area (Å²) < 4.78 is 0.695. The van der Waals surface area contributed by atoms with Crippen molar-refractivity contribution in [1.82, 2.24) is 24.0 Å². The van der Waals surface area contributed by atoms with Crippen LogP contribution in [0, 0.1) is 17.0 Å². The highest BCUT2D eigenvalue weighted by Gasteiger charge is 2.42. The summed E-state index contributed by atoms with van der Waals surface area (Å²) in [5, 5.41) is 21.0. The molecule has 2 aromatic heterocycles. The molecule has 0 bridgehead atoms. The number of hydrogen-bond acceptors (Lipinski definition) is 5. The fourth-order valence-electron chi connectivity index (χ4n) is 3.07. The molecule has 1 unspecified atom stereocenters. The van der Waals surface area contributed by atoms with Gasteiger partial charge in [0.1, 0.15) is 12.7 Å². The van der Waals surface area contributed by atoms with Gasteiger partial charge < -0.3 is 19.8 Å². The lowest BCUT2D eigenvalue weighted by atomic mass is 10.3. The maximum atomic E-state index is 12.0. The third kappa shape index (κ3) is 4.24. The summed E-state index contributed by atoms with van der Waals surface area (Å²) in [6.45, 7) is 1.32. The maximum Gasteiger partial charge on any atom is 0.409 e. The van der Waals surface area contributed by atoms with Crippen LogP contribution in [-0.2, 0) is 6.54 Å². The average Bonchev–Trinajstić information content (AvgIpc) is 3.21. The van der Waals surface area contributed by atoms with Crippen molar-refractivity contribution in [2.45, 2.75) is 23.4 Å². The normalized spacial score (nSPS) is 12.8. The summed E-state index contributed by atoms with van der Waals surface area (Å²) >= 11 is 18.5. The van der Waals surface area contributed by atoms with E-state index in [0.717, 1.165) is 11.1 Å². The fraction of sp³-hybridized carbons (Fsp3) is 0.312. The van der Waals surface area contributed by atoms with E-state index in [-0.39, 0.29) is 18.9 Å². The van der Waals surface area contributed by atoms with Crippen LogP contribution in [0.15, 0.2) is 36.8 Å². The minimum Gasteiger partial charge on any atom is -0.465 e. The molecular formula is C16H15Cl3N6O4. The number of carboxylic acid groups (broad SMARTS) is 1. The second kappa shape index (κ2) is 8.05. The summed E-state index contributed by atoms with van der Waals surface area (Å²) in [5.74, 6) is 0.104. The highest BCUT2D eigenvalue weighted by molar-refractivity contribution is 6.67. The highest BCUT2D eigenvalue weighted by Crippen LogP contribution is 2.42. The highest BCUT2D eigenvalue weighted by atomic mass is 35.6. The van der Waals surface area contributed by atoms with E-state index in [0.29, 0.717) is 16.9 Å². The molecule has 0 saturated carbocycles. The van der Waals surface area contributed by atoms with E-state index in [4.69, 9.17) is 34.8 Å². The predicted octanol–water partition coefficient (Wildman–Crippen LogP) is 4.00. The lowest BCUT2D eigenvalue weighted by Gasteiger charge is -2.34. The Morgan fingerprint density at radius 3 is 2.66 bits per heavy atom. The summed E-state index contributed by atoms with van der Waals surface area (Å²) in [7, 11) is 0. The Bertz CT molecular complexity index is 1060. The molecule has 154 valence electrons. The molecule has 0 saturated heterocycles. The molecule has 2 heterocycles. The second-order valence-corrected chi connectivity index (χ2v) is 8.47. The Hall–Kier alpha value is -2.56. The minimum absolute atomic E-state index is 0.0572. The van der Waals surface area contributed by atoms with E-state index in [1.807, 2.05) is 0 Å².